The van der Waals surface area contributed by atoms with Crippen LogP contribution in [0.15, 0.2) is 53.5 Å². The first kappa shape index (κ1) is 12.1. The van der Waals surface area contributed by atoms with Crippen LogP contribution in [0.2, 0.25) is 0 Å². The molecular formula is C14H13IN2. The summed E-state index contributed by atoms with van der Waals surface area (Å²) in [5, 5.41) is 0. The van der Waals surface area contributed by atoms with Crippen LogP contribution in [-0.4, -0.2) is 5.84 Å². The average Bonchev–Trinajstić information content (AvgIpc) is 2.34. The van der Waals surface area contributed by atoms with E-state index < -0.39 is 0 Å². The van der Waals surface area contributed by atoms with E-state index in [0.29, 0.717) is 5.84 Å². The van der Waals surface area contributed by atoms with Crippen LogP contribution in [0, 0.1) is 10.5 Å². The van der Waals surface area contributed by atoms with Gasteiger partial charge in [-0.15, -0.1) is 0 Å². The monoisotopic (exact) mass is 336 g/mol. The summed E-state index contributed by atoms with van der Waals surface area (Å²) in [6, 6.07) is 15.9. The first-order chi connectivity index (χ1) is 8.16. The van der Waals surface area contributed by atoms with Gasteiger partial charge in [0.25, 0.3) is 0 Å². The molecule has 2 rings (SSSR count). The summed E-state index contributed by atoms with van der Waals surface area (Å²) in [6.45, 7) is 2.07. The Kier molecular flexibility index (Phi) is 3.78. The molecule has 0 amide bonds. The van der Waals surface area contributed by atoms with E-state index in [2.05, 4.69) is 40.6 Å². The van der Waals surface area contributed by atoms with E-state index in [-0.39, 0.29) is 0 Å². The highest BCUT2D eigenvalue weighted by Crippen LogP contribution is 2.22. The van der Waals surface area contributed by atoms with Crippen molar-refractivity contribution in [2.24, 2.45) is 10.7 Å². The second-order valence-electron chi connectivity index (χ2n) is 3.82. The van der Waals surface area contributed by atoms with Gasteiger partial charge >= 0.3 is 0 Å². The van der Waals surface area contributed by atoms with Gasteiger partial charge in [-0.2, -0.15) is 0 Å². The Balaban J connectivity index is 2.36. The van der Waals surface area contributed by atoms with Gasteiger partial charge in [0.15, 0.2) is 0 Å². The number of rotatable bonds is 2. The molecule has 2 N–H and O–H groups in total. The standard InChI is InChI=1S/C14H13IN2/c1-10-7-8-13(12(15)9-10)17-14(16)11-5-3-2-4-6-11/h2-9H,1H3,(H2,16,17). The largest absolute Gasteiger partial charge is 0.383 e. The van der Waals surface area contributed by atoms with Crippen molar-refractivity contribution in [2.45, 2.75) is 6.92 Å². The van der Waals surface area contributed by atoms with Crippen molar-refractivity contribution in [1.29, 1.82) is 0 Å². The molecule has 2 nitrogen and oxygen atoms in total. The molecule has 0 aliphatic carbocycles. The summed E-state index contributed by atoms with van der Waals surface area (Å²) >= 11 is 2.28. The fourth-order valence-corrected chi connectivity index (χ4v) is 2.30. The Morgan fingerprint density at radius 1 is 1.12 bits per heavy atom. The molecule has 86 valence electrons. The molecule has 2 aromatic carbocycles. The van der Waals surface area contributed by atoms with E-state index in [4.69, 9.17) is 5.73 Å². The number of halogens is 1. The van der Waals surface area contributed by atoms with Crippen molar-refractivity contribution >= 4 is 34.1 Å². The maximum atomic E-state index is 5.98. The maximum Gasteiger partial charge on any atom is 0.131 e. The number of amidine groups is 1. The van der Waals surface area contributed by atoms with Crippen LogP contribution in [0.25, 0.3) is 0 Å². The smallest absolute Gasteiger partial charge is 0.131 e. The molecule has 0 unspecified atom stereocenters. The Morgan fingerprint density at radius 2 is 1.82 bits per heavy atom. The second kappa shape index (κ2) is 5.31. The Bertz CT molecular complexity index is 547. The molecule has 0 fully saturated rings. The van der Waals surface area contributed by atoms with Crippen LogP contribution >= 0.6 is 22.6 Å². The highest BCUT2D eigenvalue weighted by Gasteiger charge is 2.01. The van der Waals surface area contributed by atoms with Gasteiger partial charge in [0, 0.05) is 9.13 Å². The number of aliphatic imine (C=N–C) groups is 1. The molecule has 0 radical (unpaired) electrons. The van der Waals surface area contributed by atoms with Crippen LogP contribution in [0.5, 0.6) is 0 Å². The van der Waals surface area contributed by atoms with Crippen molar-refractivity contribution in [1.82, 2.24) is 0 Å². The minimum atomic E-state index is 0.548. The molecule has 0 aliphatic rings. The third kappa shape index (κ3) is 3.06. The van der Waals surface area contributed by atoms with Gasteiger partial charge in [0.2, 0.25) is 0 Å². The van der Waals surface area contributed by atoms with E-state index in [1.165, 1.54) is 5.56 Å². The van der Waals surface area contributed by atoms with Crippen LogP contribution in [0.1, 0.15) is 11.1 Å². The van der Waals surface area contributed by atoms with Crippen molar-refractivity contribution in [2.75, 3.05) is 0 Å². The third-order valence-corrected chi connectivity index (χ3v) is 3.28. The zero-order valence-electron chi connectivity index (χ0n) is 9.52. The number of hydrogen-bond donors (Lipinski definition) is 1. The first-order valence-electron chi connectivity index (χ1n) is 5.32. The van der Waals surface area contributed by atoms with Gasteiger partial charge in [-0.1, -0.05) is 36.4 Å². The predicted molar refractivity (Wildman–Crippen MR) is 80.7 cm³/mol. The van der Waals surface area contributed by atoms with Gasteiger partial charge in [-0.05, 0) is 47.2 Å². The third-order valence-electron chi connectivity index (χ3n) is 2.41. The summed E-state index contributed by atoms with van der Waals surface area (Å²) in [6.07, 6.45) is 0. The second-order valence-corrected chi connectivity index (χ2v) is 4.98. The number of benzene rings is 2. The lowest BCUT2D eigenvalue weighted by Gasteiger charge is -2.03. The fourth-order valence-electron chi connectivity index (χ4n) is 1.51. The van der Waals surface area contributed by atoms with Crippen LogP contribution in [0.3, 0.4) is 0 Å². The molecule has 0 bridgehead atoms. The normalized spacial score (nSPS) is 11.5. The topological polar surface area (TPSA) is 38.4 Å². The van der Waals surface area contributed by atoms with Gasteiger partial charge < -0.3 is 5.73 Å². The van der Waals surface area contributed by atoms with E-state index in [0.717, 1.165) is 14.8 Å². The van der Waals surface area contributed by atoms with Crippen molar-refractivity contribution in [3.05, 3.63) is 63.2 Å². The van der Waals surface area contributed by atoms with Gasteiger partial charge in [0.1, 0.15) is 5.84 Å². The van der Waals surface area contributed by atoms with Gasteiger partial charge in [-0.25, -0.2) is 4.99 Å². The zero-order chi connectivity index (χ0) is 12.3. The highest BCUT2D eigenvalue weighted by atomic mass is 127. The molecule has 3 heteroatoms. The van der Waals surface area contributed by atoms with E-state index in [9.17, 15) is 0 Å². The number of hydrogen-bond acceptors (Lipinski definition) is 1. The van der Waals surface area contributed by atoms with Crippen molar-refractivity contribution < 1.29 is 0 Å². The van der Waals surface area contributed by atoms with Crippen LogP contribution < -0.4 is 5.73 Å². The van der Waals surface area contributed by atoms with Gasteiger partial charge in [-0.3, -0.25) is 0 Å². The molecule has 17 heavy (non-hydrogen) atoms. The minimum Gasteiger partial charge on any atom is -0.383 e. The molecular weight excluding hydrogens is 323 g/mol. The molecule has 0 saturated carbocycles. The predicted octanol–water partition coefficient (Wildman–Crippen LogP) is 3.64. The Morgan fingerprint density at radius 3 is 2.47 bits per heavy atom. The molecule has 0 saturated heterocycles. The molecule has 2 aromatic rings. The molecule has 0 spiro atoms. The van der Waals surface area contributed by atoms with Crippen LogP contribution in [0.4, 0.5) is 5.69 Å². The summed E-state index contributed by atoms with van der Waals surface area (Å²) in [4.78, 5) is 4.46. The highest BCUT2D eigenvalue weighted by molar-refractivity contribution is 14.1. The maximum absolute atomic E-state index is 5.98. The Hall–Kier alpha value is -1.36. The molecule has 0 heterocycles. The van der Waals surface area contributed by atoms with Crippen LogP contribution in [-0.2, 0) is 0 Å². The van der Waals surface area contributed by atoms with Crippen molar-refractivity contribution in [3.8, 4) is 0 Å². The zero-order valence-corrected chi connectivity index (χ0v) is 11.7. The van der Waals surface area contributed by atoms with E-state index >= 15 is 0 Å². The lowest BCUT2D eigenvalue weighted by atomic mass is 10.2. The summed E-state index contributed by atoms with van der Waals surface area (Å²) < 4.78 is 1.11. The van der Waals surface area contributed by atoms with E-state index in [1.807, 2.05) is 42.5 Å². The van der Waals surface area contributed by atoms with Gasteiger partial charge in [0.05, 0.1) is 5.69 Å². The molecule has 0 aliphatic heterocycles. The SMILES string of the molecule is Cc1ccc(N=C(N)c2ccccc2)c(I)c1. The quantitative estimate of drug-likeness (QED) is 0.508. The Labute approximate surface area is 115 Å². The summed E-state index contributed by atoms with van der Waals surface area (Å²) in [7, 11) is 0. The number of nitrogens with two attached hydrogens (primary N) is 1. The number of aryl methyl sites for hydroxylation is 1. The molecule has 0 aromatic heterocycles. The summed E-state index contributed by atoms with van der Waals surface area (Å²) in [5.74, 6) is 0.548. The lowest BCUT2D eigenvalue weighted by Crippen LogP contribution is -2.12. The lowest BCUT2D eigenvalue weighted by molar-refractivity contribution is 1.39. The minimum absolute atomic E-state index is 0.548. The van der Waals surface area contributed by atoms with Crippen molar-refractivity contribution in [3.63, 3.8) is 0 Å². The number of nitrogens with zero attached hydrogens (tertiary/aromatic N) is 1. The molecule has 0 atom stereocenters. The van der Waals surface area contributed by atoms with E-state index in [1.54, 1.807) is 0 Å². The summed E-state index contributed by atoms with van der Waals surface area (Å²) in [5.41, 5.74) is 9.07. The average molecular weight is 336 g/mol. The fraction of sp³-hybridized carbons (Fsp3) is 0.0714. The first-order valence-corrected chi connectivity index (χ1v) is 6.40.